The molecule has 2 aliphatic rings. The van der Waals surface area contributed by atoms with Crippen LogP contribution in [0.25, 0.3) is 0 Å². The Morgan fingerprint density at radius 3 is 2.42 bits per heavy atom. The molecule has 1 saturated carbocycles. The lowest BCUT2D eigenvalue weighted by Crippen LogP contribution is -2.45. The predicted molar refractivity (Wildman–Crippen MR) is 126 cm³/mol. The molecule has 1 aromatic heterocycles. The van der Waals surface area contributed by atoms with Gasteiger partial charge in [0.05, 0.1) is 25.0 Å². The molecular formula is C24H33ClN4O2. The molecule has 0 bridgehead atoms. The lowest BCUT2D eigenvalue weighted by Gasteiger charge is -2.36. The minimum atomic E-state index is 0.236. The molecule has 1 saturated heterocycles. The molecule has 1 N–H and O–H groups in total. The van der Waals surface area contributed by atoms with Crippen LogP contribution in [-0.4, -0.2) is 41.9 Å². The number of hydrogen-bond acceptors (Lipinski definition) is 6. The van der Waals surface area contributed by atoms with E-state index in [0.29, 0.717) is 29.4 Å². The maximum atomic E-state index is 6.28. The topological polar surface area (TPSA) is 59.5 Å². The summed E-state index contributed by atoms with van der Waals surface area (Å²) in [4.78, 5) is 11.2. The minimum absolute atomic E-state index is 0.236. The van der Waals surface area contributed by atoms with Crippen LogP contribution in [0.2, 0.25) is 5.02 Å². The average molecular weight is 445 g/mol. The van der Waals surface area contributed by atoms with Crippen molar-refractivity contribution in [1.82, 2.24) is 9.97 Å². The van der Waals surface area contributed by atoms with E-state index in [1.54, 1.807) is 6.20 Å². The number of morpholine rings is 1. The number of halogens is 1. The quantitative estimate of drug-likeness (QED) is 0.617. The molecule has 168 valence electrons. The Hall–Kier alpha value is -2.05. The van der Waals surface area contributed by atoms with Gasteiger partial charge in [0.1, 0.15) is 5.02 Å². The van der Waals surface area contributed by atoms with E-state index >= 15 is 0 Å². The van der Waals surface area contributed by atoms with Gasteiger partial charge in [-0.15, -0.1) is 0 Å². The van der Waals surface area contributed by atoms with Crippen molar-refractivity contribution in [2.45, 2.75) is 58.7 Å². The maximum Gasteiger partial charge on any atom is 0.237 e. The Bertz CT molecular complexity index is 845. The summed E-state index contributed by atoms with van der Waals surface area (Å²) in [5.41, 5.74) is 2.11. The summed E-state index contributed by atoms with van der Waals surface area (Å²) in [6.45, 7) is 9.02. The molecule has 0 spiro atoms. The van der Waals surface area contributed by atoms with Crippen LogP contribution in [0.5, 0.6) is 5.88 Å². The number of benzene rings is 1. The Morgan fingerprint density at radius 1 is 1.06 bits per heavy atom. The monoisotopic (exact) mass is 444 g/mol. The molecular weight excluding hydrogens is 412 g/mol. The fourth-order valence-corrected chi connectivity index (χ4v) is 4.62. The Balaban J connectivity index is 1.36. The Labute approximate surface area is 190 Å². The molecule has 1 aliphatic heterocycles. The number of rotatable bonds is 6. The molecule has 7 heteroatoms. The van der Waals surface area contributed by atoms with E-state index in [4.69, 9.17) is 21.1 Å². The van der Waals surface area contributed by atoms with Gasteiger partial charge in [0, 0.05) is 24.5 Å². The highest BCUT2D eigenvalue weighted by Crippen LogP contribution is 2.30. The van der Waals surface area contributed by atoms with Gasteiger partial charge in [0.25, 0.3) is 0 Å². The fraction of sp³-hybridized carbons (Fsp3) is 0.583. The molecule has 2 aromatic rings. The van der Waals surface area contributed by atoms with Gasteiger partial charge >= 0.3 is 0 Å². The van der Waals surface area contributed by atoms with E-state index in [1.807, 2.05) is 12.1 Å². The highest BCUT2D eigenvalue weighted by atomic mass is 35.5. The zero-order valence-electron chi connectivity index (χ0n) is 18.7. The lowest BCUT2D eigenvalue weighted by atomic mass is 9.83. The first kappa shape index (κ1) is 22.2. The van der Waals surface area contributed by atoms with Crippen LogP contribution in [0.15, 0.2) is 30.5 Å². The standard InChI is InChI=1S/C24H33ClN4O2/c1-16-4-6-19(7-5-16)15-30-23-22(25)12-26-24(28-23)27-20-8-10-21(11-9-20)29-13-17(2)31-18(3)14-29/h8-12,16-19H,4-7,13-15H2,1-3H3,(H,26,27,28)/t16?,17-,18+,19?. The number of hydrogen-bond donors (Lipinski definition) is 1. The third-order valence-corrected chi connectivity index (χ3v) is 6.47. The zero-order chi connectivity index (χ0) is 21.8. The summed E-state index contributed by atoms with van der Waals surface area (Å²) in [7, 11) is 0. The Morgan fingerprint density at radius 2 is 1.74 bits per heavy atom. The molecule has 6 nitrogen and oxygen atoms in total. The van der Waals surface area contributed by atoms with Crippen molar-refractivity contribution in [1.29, 1.82) is 0 Å². The summed E-state index contributed by atoms with van der Waals surface area (Å²) < 4.78 is 11.8. The van der Waals surface area contributed by atoms with E-state index in [0.717, 1.165) is 24.7 Å². The largest absolute Gasteiger partial charge is 0.476 e. The van der Waals surface area contributed by atoms with Crippen molar-refractivity contribution < 1.29 is 9.47 Å². The van der Waals surface area contributed by atoms with E-state index in [1.165, 1.54) is 31.4 Å². The van der Waals surface area contributed by atoms with Gasteiger partial charge in [-0.2, -0.15) is 4.98 Å². The minimum Gasteiger partial charge on any atom is -0.476 e. The molecule has 0 unspecified atom stereocenters. The molecule has 1 aromatic carbocycles. The van der Waals surface area contributed by atoms with Gasteiger partial charge in [0.2, 0.25) is 11.8 Å². The Kier molecular flexibility index (Phi) is 7.18. The molecule has 0 amide bonds. The number of anilines is 3. The SMILES string of the molecule is CC1CCC(COc2nc(Nc3ccc(N4C[C@@H](C)O[C@@H](C)C4)cc3)ncc2Cl)CC1. The van der Waals surface area contributed by atoms with Crippen molar-refractivity contribution in [3.05, 3.63) is 35.5 Å². The second-order valence-electron chi connectivity index (χ2n) is 9.12. The first-order valence-corrected chi connectivity index (χ1v) is 11.8. The van der Waals surface area contributed by atoms with Crippen molar-refractivity contribution in [3.63, 3.8) is 0 Å². The highest BCUT2D eigenvalue weighted by Gasteiger charge is 2.22. The molecule has 1 aliphatic carbocycles. The molecule has 2 heterocycles. The number of nitrogens with one attached hydrogen (secondary N) is 1. The van der Waals surface area contributed by atoms with Gasteiger partial charge in [-0.05, 0) is 62.8 Å². The van der Waals surface area contributed by atoms with E-state index < -0.39 is 0 Å². The van der Waals surface area contributed by atoms with Crippen LogP contribution in [0, 0.1) is 11.8 Å². The molecule has 4 rings (SSSR count). The first-order chi connectivity index (χ1) is 15.0. The molecule has 0 radical (unpaired) electrons. The smallest absolute Gasteiger partial charge is 0.237 e. The van der Waals surface area contributed by atoms with Crippen LogP contribution in [0.3, 0.4) is 0 Å². The van der Waals surface area contributed by atoms with Crippen LogP contribution in [0.1, 0.15) is 46.5 Å². The molecule has 2 atom stereocenters. The second-order valence-corrected chi connectivity index (χ2v) is 9.52. The summed E-state index contributed by atoms with van der Waals surface area (Å²) in [5, 5.41) is 3.70. The normalized spacial score (nSPS) is 26.5. The summed E-state index contributed by atoms with van der Waals surface area (Å²) >= 11 is 6.28. The second kappa shape index (κ2) is 10.0. The van der Waals surface area contributed by atoms with Gasteiger partial charge in [-0.3, -0.25) is 0 Å². The number of nitrogens with zero attached hydrogens (tertiary/aromatic N) is 3. The fourth-order valence-electron chi connectivity index (χ4n) is 4.48. The molecule has 31 heavy (non-hydrogen) atoms. The third kappa shape index (κ3) is 6.01. The van der Waals surface area contributed by atoms with Gasteiger partial charge < -0.3 is 19.7 Å². The third-order valence-electron chi connectivity index (χ3n) is 6.21. The highest BCUT2D eigenvalue weighted by molar-refractivity contribution is 6.31. The lowest BCUT2D eigenvalue weighted by molar-refractivity contribution is -0.00521. The number of aromatic nitrogens is 2. The van der Waals surface area contributed by atoms with Crippen LogP contribution in [0.4, 0.5) is 17.3 Å². The van der Waals surface area contributed by atoms with Crippen LogP contribution < -0.4 is 15.0 Å². The zero-order valence-corrected chi connectivity index (χ0v) is 19.4. The van der Waals surface area contributed by atoms with Gasteiger partial charge in [-0.25, -0.2) is 4.98 Å². The van der Waals surface area contributed by atoms with E-state index in [2.05, 4.69) is 53.1 Å². The van der Waals surface area contributed by atoms with Crippen molar-refractivity contribution in [2.75, 3.05) is 29.9 Å². The summed E-state index contributed by atoms with van der Waals surface area (Å²) in [6, 6.07) is 8.32. The van der Waals surface area contributed by atoms with Gasteiger partial charge in [0.15, 0.2) is 0 Å². The molecule has 2 fully saturated rings. The van der Waals surface area contributed by atoms with E-state index in [-0.39, 0.29) is 12.2 Å². The van der Waals surface area contributed by atoms with E-state index in [9.17, 15) is 0 Å². The van der Waals surface area contributed by atoms with Gasteiger partial charge in [-0.1, -0.05) is 31.4 Å². The van der Waals surface area contributed by atoms with Crippen molar-refractivity contribution >= 4 is 28.9 Å². The predicted octanol–water partition coefficient (Wildman–Crippen LogP) is 5.69. The van der Waals surface area contributed by atoms with Crippen LogP contribution >= 0.6 is 11.6 Å². The summed E-state index contributed by atoms with van der Waals surface area (Å²) in [6.07, 6.45) is 7.04. The van der Waals surface area contributed by atoms with Crippen LogP contribution in [-0.2, 0) is 4.74 Å². The first-order valence-electron chi connectivity index (χ1n) is 11.4. The van der Waals surface area contributed by atoms with Crippen molar-refractivity contribution in [2.24, 2.45) is 11.8 Å². The maximum absolute atomic E-state index is 6.28. The van der Waals surface area contributed by atoms with Crippen molar-refractivity contribution in [3.8, 4) is 5.88 Å². The average Bonchev–Trinajstić information content (AvgIpc) is 2.75. The number of ether oxygens (including phenoxy) is 2. The summed E-state index contributed by atoms with van der Waals surface area (Å²) in [5.74, 6) is 2.34.